The SMILES string of the molecule is CCNC(=NCCCSc1ccccc1)NC1CCC(O)CC1. The first kappa shape index (κ1) is 18.1. The number of benzene rings is 1. The Labute approximate surface area is 144 Å². The van der Waals surface area contributed by atoms with Gasteiger partial charge in [-0.25, -0.2) is 0 Å². The van der Waals surface area contributed by atoms with Gasteiger partial charge in [-0.15, -0.1) is 11.8 Å². The Balaban J connectivity index is 1.68. The highest BCUT2D eigenvalue weighted by Crippen LogP contribution is 2.19. The van der Waals surface area contributed by atoms with Crippen molar-refractivity contribution in [2.75, 3.05) is 18.8 Å². The van der Waals surface area contributed by atoms with Gasteiger partial charge in [0, 0.05) is 24.0 Å². The van der Waals surface area contributed by atoms with Gasteiger partial charge in [-0.05, 0) is 56.9 Å². The Morgan fingerprint density at radius 3 is 2.65 bits per heavy atom. The number of hydrogen-bond donors (Lipinski definition) is 3. The number of thioether (sulfide) groups is 1. The number of nitrogens with zero attached hydrogens (tertiary/aromatic N) is 1. The zero-order chi connectivity index (χ0) is 16.3. The maximum atomic E-state index is 9.58. The predicted octanol–water partition coefficient (Wildman–Crippen LogP) is 3.03. The minimum absolute atomic E-state index is 0.109. The summed E-state index contributed by atoms with van der Waals surface area (Å²) in [6.45, 7) is 3.80. The van der Waals surface area contributed by atoms with Crippen molar-refractivity contribution in [2.45, 2.75) is 56.1 Å². The standard InChI is InChI=1S/C18H29N3OS/c1-2-19-18(21-15-9-11-16(22)12-10-15)20-13-6-14-23-17-7-4-3-5-8-17/h3-5,7-8,15-16,22H,2,6,9-14H2,1H3,(H2,19,20,21). The second kappa shape index (κ2) is 10.6. The Kier molecular flexibility index (Phi) is 8.32. The van der Waals surface area contributed by atoms with Crippen molar-refractivity contribution in [1.82, 2.24) is 10.6 Å². The molecule has 2 rings (SSSR count). The van der Waals surface area contributed by atoms with E-state index in [0.29, 0.717) is 6.04 Å². The number of guanidine groups is 1. The molecule has 23 heavy (non-hydrogen) atoms. The highest BCUT2D eigenvalue weighted by Gasteiger charge is 2.19. The number of aliphatic hydroxyl groups excluding tert-OH is 1. The molecule has 0 heterocycles. The van der Waals surface area contributed by atoms with Crippen LogP contribution in [-0.2, 0) is 0 Å². The van der Waals surface area contributed by atoms with Crippen LogP contribution in [0.4, 0.5) is 0 Å². The Morgan fingerprint density at radius 1 is 1.22 bits per heavy atom. The molecule has 0 atom stereocenters. The first-order valence-electron chi connectivity index (χ1n) is 8.68. The second-order valence-corrected chi connectivity index (χ2v) is 7.09. The van der Waals surface area contributed by atoms with E-state index in [1.807, 2.05) is 17.8 Å². The molecule has 4 nitrogen and oxygen atoms in total. The number of hydrogen-bond acceptors (Lipinski definition) is 3. The van der Waals surface area contributed by atoms with Gasteiger partial charge in [0.25, 0.3) is 0 Å². The van der Waals surface area contributed by atoms with Gasteiger partial charge in [0.05, 0.1) is 6.10 Å². The normalized spacial score (nSPS) is 21.9. The van der Waals surface area contributed by atoms with E-state index >= 15 is 0 Å². The quantitative estimate of drug-likeness (QED) is 0.310. The van der Waals surface area contributed by atoms with Crippen LogP contribution in [0, 0.1) is 0 Å². The second-order valence-electron chi connectivity index (χ2n) is 5.93. The number of rotatable bonds is 7. The Morgan fingerprint density at radius 2 is 1.96 bits per heavy atom. The fraction of sp³-hybridized carbons (Fsp3) is 0.611. The lowest BCUT2D eigenvalue weighted by atomic mass is 9.93. The van der Waals surface area contributed by atoms with Gasteiger partial charge >= 0.3 is 0 Å². The summed E-state index contributed by atoms with van der Waals surface area (Å²) in [5.74, 6) is 2.00. The van der Waals surface area contributed by atoms with Crippen LogP contribution in [0.1, 0.15) is 39.0 Å². The summed E-state index contributed by atoms with van der Waals surface area (Å²) in [6.07, 6.45) is 4.79. The monoisotopic (exact) mass is 335 g/mol. The molecule has 0 radical (unpaired) electrons. The van der Waals surface area contributed by atoms with Gasteiger partial charge in [-0.2, -0.15) is 0 Å². The first-order valence-corrected chi connectivity index (χ1v) is 9.67. The van der Waals surface area contributed by atoms with Gasteiger partial charge < -0.3 is 15.7 Å². The van der Waals surface area contributed by atoms with Crippen LogP contribution in [0.2, 0.25) is 0 Å². The van der Waals surface area contributed by atoms with Crippen molar-refractivity contribution in [3.8, 4) is 0 Å². The van der Waals surface area contributed by atoms with Crippen LogP contribution < -0.4 is 10.6 Å². The molecule has 1 aromatic rings. The highest BCUT2D eigenvalue weighted by atomic mass is 32.2. The maximum Gasteiger partial charge on any atom is 0.191 e. The topological polar surface area (TPSA) is 56.7 Å². The van der Waals surface area contributed by atoms with Gasteiger partial charge in [0.15, 0.2) is 5.96 Å². The number of nitrogens with one attached hydrogen (secondary N) is 2. The Bertz CT molecular complexity index is 459. The van der Waals surface area contributed by atoms with Gasteiger partial charge in [-0.1, -0.05) is 18.2 Å². The molecule has 1 fully saturated rings. The molecule has 1 saturated carbocycles. The summed E-state index contributed by atoms with van der Waals surface area (Å²) >= 11 is 1.88. The van der Waals surface area contributed by atoms with Crippen LogP contribution in [0.5, 0.6) is 0 Å². The molecule has 1 aromatic carbocycles. The predicted molar refractivity (Wildman–Crippen MR) is 99.2 cm³/mol. The smallest absolute Gasteiger partial charge is 0.191 e. The van der Waals surface area contributed by atoms with Crippen LogP contribution in [-0.4, -0.2) is 42.1 Å². The van der Waals surface area contributed by atoms with Crippen LogP contribution in [0.3, 0.4) is 0 Å². The first-order chi connectivity index (χ1) is 11.3. The highest BCUT2D eigenvalue weighted by molar-refractivity contribution is 7.99. The van der Waals surface area contributed by atoms with E-state index in [-0.39, 0.29) is 6.10 Å². The summed E-state index contributed by atoms with van der Waals surface area (Å²) in [7, 11) is 0. The molecule has 3 N–H and O–H groups in total. The summed E-state index contributed by atoms with van der Waals surface area (Å²) in [5, 5.41) is 16.4. The third kappa shape index (κ3) is 7.27. The van der Waals surface area contributed by atoms with Crippen molar-refractivity contribution in [3.05, 3.63) is 30.3 Å². The number of aliphatic hydroxyl groups is 1. The molecular formula is C18H29N3OS. The molecule has 5 heteroatoms. The average Bonchev–Trinajstić information content (AvgIpc) is 2.57. The minimum Gasteiger partial charge on any atom is -0.393 e. The fourth-order valence-electron chi connectivity index (χ4n) is 2.70. The molecule has 1 aliphatic rings. The van der Waals surface area contributed by atoms with E-state index in [9.17, 15) is 5.11 Å². The molecule has 0 aliphatic heterocycles. The van der Waals surface area contributed by atoms with Crippen molar-refractivity contribution >= 4 is 17.7 Å². The van der Waals surface area contributed by atoms with Crippen LogP contribution in [0.15, 0.2) is 40.2 Å². The van der Waals surface area contributed by atoms with Crippen LogP contribution in [0.25, 0.3) is 0 Å². The lowest BCUT2D eigenvalue weighted by Gasteiger charge is -2.27. The third-order valence-electron chi connectivity index (χ3n) is 3.97. The molecule has 0 spiro atoms. The van der Waals surface area contributed by atoms with Gasteiger partial charge in [0.2, 0.25) is 0 Å². The molecule has 1 aliphatic carbocycles. The largest absolute Gasteiger partial charge is 0.393 e. The van der Waals surface area contributed by atoms with E-state index in [1.54, 1.807) is 0 Å². The van der Waals surface area contributed by atoms with Crippen LogP contribution >= 0.6 is 11.8 Å². The Hall–Kier alpha value is -1.20. The summed E-state index contributed by atoms with van der Waals surface area (Å²) in [5.41, 5.74) is 0. The minimum atomic E-state index is -0.109. The van der Waals surface area contributed by atoms with Crippen molar-refractivity contribution in [2.24, 2.45) is 4.99 Å². The molecular weight excluding hydrogens is 306 g/mol. The van der Waals surface area contributed by atoms with Crippen molar-refractivity contribution < 1.29 is 5.11 Å². The average molecular weight is 336 g/mol. The zero-order valence-electron chi connectivity index (χ0n) is 14.0. The summed E-state index contributed by atoms with van der Waals surface area (Å²) in [4.78, 5) is 6.00. The third-order valence-corrected chi connectivity index (χ3v) is 5.06. The van der Waals surface area contributed by atoms with E-state index in [0.717, 1.165) is 56.9 Å². The fourth-order valence-corrected chi connectivity index (χ4v) is 3.55. The van der Waals surface area contributed by atoms with E-state index in [2.05, 4.69) is 46.8 Å². The van der Waals surface area contributed by atoms with Gasteiger partial charge in [-0.3, -0.25) is 4.99 Å². The molecule has 0 unspecified atom stereocenters. The molecule has 0 amide bonds. The van der Waals surface area contributed by atoms with E-state index in [1.165, 1.54) is 4.90 Å². The summed E-state index contributed by atoms with van der Waals surface area (Å²) < 4.78 is 0. The lowest BCUT2D eigenvalue weighted by Crippen LogP contribution is -2.45. The van der Waals surface area contributed by atoms with E-state index in [4.69, 9.17) is 0 Å². The number of aliphatic imine (C=N–C) groups is 1. The molecule has 128 valence electrons. The zero-order valence-corrected chi connectivity index (χ0v) is 14.8. The summed E-state index contributed by atoms with van der Waals surface area (Å²) in [6, 6.07) is 10.9. The molecule has 0 aromatic heterocycles. The van der Waals surface area contributed by atoms with Gasteiger partial charge in [0.1, 0.15) is 0 Å². The maximum absolute atomic E-state index is 9.58. The van der Waals surface area contributed by atoms with Crippen molar-refractivity contribution in [3.63, 3.8) is 0 Å². The van der Waals surface area contributed by atoms with E-state index < -0.39 is 0 Å². The lowest BCUT2D eigenvalue weighted by molar-refractivity contribution is 0.120. The molecule has 0 bridgehead atoms. The molecule has 0 saturated heterocycles. The van der Waals surface area contributed by atoms with Crippen molar-refractivity contribution in [1.29, 1.82) is 0 Å².